The molecule has 2 aromatic heterocycles. The number of hydrogen-bond donors (Lipinski definition) is 2. The Bertz CT molecular complexity index is 1240. The molecule has 1 amide bonds. The molecule has 7 nitrogen and oxygen atoms in total. The van der Waals surface area contributed by atoms with Gasteiger partial charge >= 0.3 is 6.18 Å². The molecule has 3 N–H and O–H groups in total. The van der Waals surface area contributed by atoms with Crippen LogP contribution in [0.5, 0.6) is 0 Å². The molecule has 0 radical (unpaired) electrons. The number of aromatic amines is 1. The lowest BCUT2D eigenvalue weighted by molar-refractivity contribution is -0.140. The van der Waals surface area contributed by atoms with Crippen LogP contribution in [-0.4, -0.2) is 40.6 Å². The molecule has 0 saturated carbocycles. The van der Waals surface area contributed by atoms with Crippen LogP contribution in [0.2, 0.25) is 0 Å². The van der Waals surface area contributed by atoms with E-state index in [0.29, 0.717) is 23.7 Å². The minimum absolute atomic E-state index is 0.0491. The van der Waals surface area contributed by atoms with Crippen molar-refractivity contribution in [3.05, 3.63) is 41.3 Å². The van der Waals surface area contributed by atoms with Gasteiger partial charge in [0.15, 0.2) is 5.69 Å². The van der Waals surface area contributed by atoms with Gasteiger partial charge in [0.05, 0.1) is 22.6 Å². The number of aromatic nitrogens is 3. The SMILES string of the molecule is Cn1cc(-c2cc(C(N)=O)c3[nH]cc(C4CCS(=O)(=O)CC4)c3c2)c(C(F)(F)F)n1. The molecule has 0 unspecified atom stereocenters. The number of hydrogen-bond acceptors (Lipinski definition) is 4. The van der Waals surface area contributed by atoms with Gasteiger partial charge in [-0.3, -0.25) is 9.48 Å². The van der Waals surface area contributed by atoms with Crippen LogP contribution in [0.1, 0.15) is 40.4 Å². The Balaban J connectivity index is 1.90. The number of H-pyrrole nitrogens is 1. The Morgan fingerprint density at radius 2 is 1.93 bits per heavy atom. The van der Waals surface area contributed by atoms with Gasteiger partial charge in [-0.1, -0.05) is 0 Å². The van der Waals surface area contributed by atoms with Crippen molar-refractivity contribution in [1.82, 2.24) is 14.8 Å². The number of fused-ring (bicyclic) bond motifs is 1. The predicted octanol–water partition coefficient (Wildman–Crippen LogP) is 2.98. The van der Waals surface area contributed by atoms with Crippen molar-refractivity contribution in [3.8, 4) is 11.1 Å². The van der Waals surface area contributed by atoms with E-state index in [1.807, 2.05) is 0 Å². The molecule has 0 spiro atoms. The van der Waals surface area contributed by atoms with Crippen LogP contribution in [0.3, 0.4) is 0 Å². The summed E-state index contributed by atoms with van der Waals surface area (Å²) in [6.07, 6.45) is -0.930. The smallest absolute Gasteiger partial charge is 0.366 e. The van der Waals surface area contributed by atoms with Crippen molar-refractivity contribution >= 4 is 26.6 Å². The normalized spacial score (nSPS) is 17.5. The zero-order valence-corrected chi connectivity index (χ0v) is 16.8. The first-order chi connectivity index (χ1) is 14.0. The van der Waals surface area contributed by atoms with Crippen LogP contribution in [-0.2, 0) is 23.1 Å². The maximum Gasteiger partial charge on any atom is 0.435 e. The molecule has 11 heteroatoms. The van der Waals surface area contributed by atoms with E-state index in [0.717, 1.165) is 10.2 Å². The number of nitrogens with two attached hydrogens (primary N) is 1. The largest absolute Gasteiger partial charge is 0.435 e. The fourth-order valence-corrected chi connectivity index (χ4v) is 5.54. The van der Waals surface area contributed by atoms with E-state index in [1.165, 1.54) is 19.3 Å². The maximum absolute atomic E-state index is 13.5. The van der Waals surface area contributed by atoms with E-state index in [-0.39, 0.29) is 34.1 Å². The van der Waals surface area contributed by atoms with Crippen molar-refractivity contribution < 1.29 is 26.4 Å². The van der Waals surface area contributed by atoms with Gasteiger partial charge in [0, 0.05) is 30.4 Å². The summed E-state index contributed by atoms with van der Waals surface area (Å²) in [4.78, 5) is 15.0. The number of nitrogens with zero attached hydrogens (tertiary/aromatic N) is 2. The second-order valence-corrected chi connectivity index (χ2v) is 9.85. The monoisotopic (exact) mass is 440 g/mol. The maximum atomic E-state index is 13.5. The minimum Gasteiger partial charge on any atom is -0.366 e. The van der Waals surface area contributed by atoms with Gasteiger partial charge in [-0.15, -0.1) is 0 Å². The van der Waals surface area contributed by atoms with Crippen molar-refractivity contribution in [3.63, 3.8) is 0 Å². The fourth-order valence-electron chi connectivity index (χ4n) is 4.05. The molecule has 1 aliphatic heterocycles. The second kappa shape index (κ2) is 6.86. The number of carbonyl (C=O) groups is 1. The molecule has 3 aromatic rings. The molecule has 3 heterocycles. The van der Waals surface area contributed by atoms with E-state index in [2.05, 4.69) is 10.1 Å². The highest BCUT2D eigenvalue weighted by Crippen LogP contribution is 2.40. The van der Waals surface area contributed by atoms with Crippen LogP contribution in [0.15, 0.2) is 24.5 Å². The van der Waals surface area contributed by atoms with Gasteiger partial charge in [0.25, 0.3) is 5.91 Å². The third kappa shape index (κ3) is 3.57. The number of alkyl halides is 3. The number of sulfone groups is 1. The number of primary amides is 1. The van der Waals surface area contributed by atoms with Crippen molar-refractivity contribution in [2.45, 2.75) is 24.9 Å². The lowest BCUT2D eigenvalue weighted by Gasteiger charge is -2.21. The Kier molecular flexibility index (Phi) is 4.68. The lowest BCUT2D eigenvalue weighted by Crippen LogP contribution is -2.22. The number of carbonyl (C=O) groups excluding carboxylic acids is 1. The first-order valence-corrected chi connectivity index (χ1v) is 11.0. The molecule has 1 fully saturated rings. The first-order valence-electron chi connectivity index (χ1n) is 9.23. The topological polar surface area (TPSA) is 111 Å². The molecule has 0 aliphatic carbocycles. The molecular weight excluding hydrogens is 421 g/mol. The highest BCUT2D eigenvalue weighted by atomic mass is 32.2. The summed E-state index contributed by atoms with van der Waals surface area (Å²) < 4.78 is 65.0. The Morgan fingerprint density at radius 3 is 2.53 bits per heavy atom. The van der Waals surface area contributed by atoms with E-state index in [1.54, 1.807) is 12.3 Å². The Hall–Kier alpha value is -2.82. The lowest BCUT2D eigenvalue weighted by atomic mass is 9.91. The second-order valence-electron chi connectivity index (χ2n) is 7.54. The van der Waals surface area contributed by atoms with Crippen LogP contribution >= 0.6 is 0 Å². The van der Waals surface area contributed by atoms with Gasteiger partial charge in [-0.2, -0.15) is 18.3 Å². The average molecular weight is 440 g/mol. The van der Waals surface area contributed by atoms with Gasteiger partial charge in [0.1, 0.15) is 9.84 Å². The van der Waals surface area contributed by atoms with E-state index < -0.39 is 27.6 Å². The molecule has 4 rings (SSSR count). The number of amides is 1. The van der Waals surface area contributed by atoms with Crippen molar-refractivity contribution in [1.29, 1.82) is 0 Å². The summed E-state index contributed by atoms with van der Waals surface area (Å²) in [5.41, 5.74) is 5.70. The predicted molar refractivity (Wildman–Crippen MR) is 105 cm³/mol. The van der Waals surface area contributed by atoms with Gasteiger partial charge < -0.3 is 10.7 Å². The molecule has 1 aliphatic rings. The standard InChI is InChI=1S/C19H19F3N4O3S/c1-26-9-15(17(25-26)19(20,21)22)11-6-12-14(10-2-4-30(28,29)5-3-10)8-24-16(12)13(7-11)18(23)27/h6-10,24H,2-5H2,1H3,(H2,23,27). The summed E-state index contributed by atoms with van der Waals surface area (Å²) in [6, 6.07) is 2.89. The quantitative estimate of drug-likeness (QED) is 0.652. The minimum atomic E-state index is -4.67. The summed E-state index contributed by atoms with van der Waals surface area (Å²) >= 11 is 0. The number of benzene rings is 1. The molecule has 160 valence electrons. The number of aryl methyl sites for hydroxylation is 1. The number of halogens is 3. The zero-order chi connectivity index (χ0) is 21.8. The van der Waals surface area contributed by atoms with Crippen LogP contribution in [0, 0.1) is 0 Å². The molecule has 1 saturated heterocycles. The highest BCUT2D eigenvalue weighted by Gasteiger charge is 2.37. The Morgan fingerprint density at radius 1 is 1.27 bits per heavy atom. The fraction of sp³-hybridized carbons (Fsp3) is 0.368. The van der Waals surface area contributed by atoms with Gasteiger partial charge in [0.2, 0.25) is 0 Å². The molecule has 0 atom stereocenters. The summed E-state index contributed by atoms with van der Waals surface area (Å²) in [7, 11) is -1.69. The molecular formula is C19H19F3N4O3S. The Labute approximate surface area is 170 Å². The number of rotatable bonds is 3. The molecule has 0 bridgehead atoms. The van der Waals surface area contributed by atoms with E-state index in [9.17, 15) is 26.4 Å². The average Bonchev–Trinajstić information content (AvgIpc) is 3.24. The summed E-state index contributed by atoms with van der Waals surface area (Å²) in [6.45, 7) is 0. The summed E-state index contributed by atoms with van der Waals surface area (Å²) in [5.74, 6) is -0.769. The summed E-state index contributed by atoms with van der Waals surface area (Å²) in [5, 5.41) is 4.09. The van der Waals surface area contributed by atoms with Gasteiger partial charge in [-0.05, 0) is 42.0 Å². The van der Waals surface area contributed by atoms with E-state index in [4.69, 9.17) is 5.73 Å². The molecule has 30 heavy (non-hydrogen) atoms. The van der Waals surface area contributed by atoms with Crippen molar-refractivity contribution in [2.75, 3.05) is 11.5 Å². The van der Waals surface area contributed by atoms with Gasteiger partial charge in [-0.25, -0.2) is 8.42 Å². The van der Waals surface area contributed by atoms with Crippen molar-refractivity contribution in [2.24, 2.45) is 12.8 Å². The third-order valence-corrected chi connectivity index (χ3v) is 7.21. The van der Waals surface area contributed by atoms with Crippen LogP contribution < -0.4 is 5.73 Å². The highest BCUT2D eigenvalue weighted by molar-refractivity contribution is 7.91. The zero-order valence-electron chi connectivity index (χ0n) is 16.0. The number of nitrogens with one attached hydrogen (secondary N) is 1. The van der Waals surface area contributed by atoms with E-state index >= 15 is 0 Å². The van der Waals surface area contributed by atoms with Crippen LogP contribution in [0.25, 0.3) is 22.0 Å². The molecule has 1 aromatic carbocycles. The van der Waals surface area contributed by atoms with Crippen LogP contribution in [0.4, 0.5) is 13.2 Å². The third-order valence-electron chi connectivity index (χ3n) is 5.49. The first kappa shape index (κ1) is 20.5.